The molecule has 2 aromatic rings. The van der Waals surface area contributed by atoms with Crippen molar-refractivity contribution >= 4 is 33.2 Å². The van der Waals surface area contributed by atoms with Crippen molar-refractivity contribution in [3.8, 4) is 5.75 Å². The third-order valence-corrected chi connectivity index (χ3v) is 8.99. The minimum atomic E-state index is -3.17. The van der Waals surface area contributed by atoms with Crippen molar-refractivity contribution in [2.75, 3.05) is 29.5 Å². The Bertz CT molecular complexity index is 1120. The topological polar surface area (TPSA) is 80.1 Å². The highest BCUT2D eigenvalue weighted by Gasteiger charge is 2.37. The summed E-state index contributed by atoms with van der Waals surface area (Å²) in [6.45, 7) is 7.60. The number of halogens is 1. The molecule has 186 valence electrons. The van der Waals surface area contributed by atoms with E-state index in [2.05, 4.69) is 4.90 Å². The van der Waals surface area contributed by atoms with Crippen LogP contribution in [0.3, 0.4) is 0 Å². The zero-order valence-corrected chi connectivity index (χ0v) is 21.6. The molecule has 2 aliphatic rings. The Morgan fingerprint density at radius 2 is 1.88 bits per heavy atom. The Hall–Kier alpha value is -2.19. The standard InChI is InChI=1S/C25H33ClN2O5S/c1-17-13-22(14-18(2)24(17)26)32-19(3)25(29)28(20-9-12-34(30,31)16-20)15-21-7-8-23(33-21)27-10-5-4-6-11-27/h7-8,13-14,19-20H,4-6,9-12,15-16H2,1-3H3. The van der Waals surface area contributed by atoms with Crippen LogP contribution in [0.4, 0.5) is 5.88 Å². The highest BCUT2D eigenvalue weighted by molar-refractivity contribution is 7.91. The maximum Gasteiger partial charge on any atom is 0.264 e. The number of furan rings is 1. The van der Waals surface area contributed by atoms with Crippen LogP contribution in [0.25, 0.3) is 0 Å². The maximum absolute atomic E-state index is 13.5. The molecule has 2 fully saturated rings. The average molecular weight is 509 g/mol. The van der Waals surface area contributed by atoms with Gasteiger partial charge in [-0.05, 0) is 75.8 Å². The van der Waals surface area contributed by atoms with E-state index in [4.69, 9.17) is 20.8 Å². The number of piperidine rings is 1. The van der Waals surface area contributed by atoms with Crippen molar-refractivity contribution in [1.29, 1.82) is 0 Å². The van der Waals surface area contributed by atoms with Crippen molar-refractivity contribution in [2.45, 2.75) is 65.1 Å². The van der Waals surface area contributed by atoms with E-state index in [1.165, 1.54) is 6.42 Å². The van der Waals surface area contributed by atoms with Gasteiger partial charge in [-0.15, -0.1) is 0 Å². The summed E-state index contributed by atoms with van der Waals surface area (Å²) >= 11 is 6.26. The van der Waals surface area contributed by atoms with E-state index in [0.717, 1.165) is 42.9 Å². The molecule has 9 heteroatoms. The van der Waals surface area contributed by atoms with E-state index >= 15 is 0 Å². The third kappa shape index (κ3) is 5.71. The fourth-order valence-corrected chi connectivity index (χ4v) is 6.61. The summed E-state index contributed by atoms with van der Waals surface area (Å²) in [7, 11) is -3.17. The van der Waals surface area contributed by atoms with Gasteiger partial charge in [-0.3, -0.25) is 4.79 Å². The van der Waals surface area contributed by atoms with E-state index in [0.29, 0.717) is 23.0 Å². The highest BCUT2D eigenvalue weighted by atomic mass is 35.5. The van der Waals surface area contributed by atoms with Crippen LogP contribution < -0.4 is 9.64 Å². The number of rotatable bonds is 7. The molecule has 3 heterocycles. The lowest BCUT2D eigenvalue weighted by molar-refractivity contribution is -0.140. The van der Waals surface area contributed by atoms with E-state index < -0.39 is 22.0 Å². The Labute approximate surface area is 206 Å². The highest BCUT2D eigenvalue weighted by Crippen LogP contribution is 2.29. The average Bonchev–Trinajstić information content (AvgIpc) is 3.42. The first-order chi connectivity index (χ1) is 16.1. The molecular weight excluding hydrogens is 476 g/mol. The number of carbonyl (C=O) groups excluding carboxylic acids is 1. The van der Waals surface area contributed by atoms with Crippen LogP contribution in [0.15, 0.2) is 28.7 Å². The van der Waals surface area contributed by atoms with E-state index in [1.807, 2.05) is 26.0 Å². The van der Waals surface area contributed by atoms with Gasteiger partial charge in [-0.1, -0.05) is 11.6 Å². The van der Waals surface area contributed by atoms with Crippen LogP contribution in [0, 0.1) is 13.8 Å². The van der Waals surface area contributed by atoms with E-state index in [1.54, 1.807) is 24.0 Å². The van der Waals surface area contributed by atoms with Crippen LogP contribution in [0.5, 0.6) is 5.75 Å². The van der Waals surface area contributed by atoms with Gasteiger partial charge >= 0.3 is 0 Å². The van der Waals surface area contributed by atoms with Gasteiger partial charge in [-0.2, -0.15) is 0 Å². The van der Waals surface area contributed by atoms with Crippen molar-refractivity contribution in [3.63, 3.8) is 0 Å². The van der Waals surface area contributed by atoms with E-state index in [9.17, 15) is 13.2 Å². The Kier molecular flexibility index (Phi) is 7.48. The second-order valence-electron chi connectivity index (χ2n) is 9.44. The fraction of sp³-hybridized carbons (Fsp3) is 0.560. The normalized spacial score (nSPS) is 20.8. The monoisotopic (exact) mass is 508 g/mol. The molecule has 2 saturated heterocycles. The predicted octanol–water partition coefficient (Wildman–Crippen LogP) is 4.52. The summed E-state index contributed by atoms with van der Waals surface area (Å²) in [4.78, 5) is 17.4. The molecule has 0 aliphatic carbocycles. The number of amides is 1. The van der Waals surface area contributed by atoms with Crippen LogP contribution >= 0.6 is 11.6 Å². The summed E-state index contributed by atoms with van der Waals surface area (Å²) in [5.74, 6) is 1.79. The van der Waals surface area contributed by atoms with Gasteiger partial charge in [0.2, 0.25) is 0 Å². The van der Waals surface area contributed by atoms with Crippen LogP contribution in [-0.4, -0.2) is 56.0 Å². The van der Waals surface area contributed by atoms with Gasteiger partial charge < -0.3 is 19.0 Å². The van der Waals surface area contributed by atoms with Crippen molar-refractivity contribution in [2.24, 2.45) is 0 Å². The van der Waals surface area contributed by atoms with Gasteiger partial charge in [0.05, 0.1) is 18.1 Å². The minimum Gasteiger partial charge on any atom is -0.481 e. The second kappa shape index (κ2) is 10.2. The maximum atomic E-state index is 13.5. The summed E-state index contributed by atoms with van der Waals surface area (Å²) in [5.41, 5.74) is 1.74. The Balaban J connectivity index is 1.52. The number of hydrogen-bond donors (Lipinski definition) is 0. The number of nitrogens with zero attached hydrogens (tertiary/aromatic N) is 2. The molecule has 0 saturated carbocycles. The molecule has 0 spiro atoms. The molecule has 0 N–H and O–H groups in total. The number of anilines is 1. The number of hydrogen-bond acceptors (Lipinski definition) is 6. The Morgan fingerprint density at radius 3 is 2.50 bits per heavy atom. The van der Waals surface area contributed by atoms with Crippen molar-refractivity contribution in [1.82, 2.24) is 4.90 Å². The molecule has 1 aromatic heterocycles. The molecule has 2 unspecified atom stereocenters. The summed E-state index contributed by atoms with van der Waals surface area (Å²) < 4.78 is 36.4. The lowest BCUT2D eigenvalue weighted by Gasteiger charge is -2.30. The van der Waals surface area contributed by atoms with Gasteiger partial charge in [0.15, 0.2) is 21.8 Å². The van der Waals surface area contributed by atoms with Crippen LogP contribution in [-0.2, 0) is 21.2 Å². The number of carbonyl (C=O) groups is 1. The number of benzene rings is 1. The quantitative estimate of drug-likeness (QED) is 0.547. The fourth-order valence-electron chi connectivity index (χ4n) is 4.77. The molecule has 34 heavy (non-hydrogen) atoms. The molecule has 1 aromatic carbocycles. The molecule has 1 amide bonds. The van der Waals surface area contributed by atoms with Crippen LogP contribution in [0.1, 0.15) is 49.5 Å². The third-order valence-electron chi connectivity index (χ3n) is 6.64. The van der Waals surface area contributed by atoms with E-state index in [-0.39, 0.29) is 24.0 Å². The first kappa shape index (κ1) is 24.9. The zero-order chi connectivity index (χ0) is 24.5. The number of ether oxygens (including phenoxy) is 1. The van der Waals surface area contributed by atoms with Gasteiger partial charge in [0, 0.05) is 30.2 Å². The van der Waals surface area contributed by atoms with Crippen molar-refractivity contribution < 1.29 is 22.4 Å². The van der Waals surface area contributed by atoms with Gasteiger partial charge in [0.25, 0.3) is 5.91 Å². The number of aryl methyl sites for hydroxylation is 2. The van der Waals surface area contributed by atoms with Crippen LogP contribution in [0.2, 0.25) is 5.02 Å². The summed E-state index contributed by atoms with van der Waals surface area (Å²) in [5, 5.41) is 0.673. The molecule has 4 rings (SSSR count). The molecule has 7 nitrogen and oxygen atoms in total. The molecular formula is C25H33ClN2O5S. The Morgan fingerprint density at radius 1 is 1.21 bits per heavy atom. The zero-order valence-electron chi connectivity index (χ0n) is 20.0. The lowest BCUT2D eigenvalue weighted by Crippen LogP contribution is -2.46. The molecule has 2 atom stereocenters. The smallest absolute Gasteiger partial charge is 0.264 e. The SMILES string of the molecule is Cc1cc(OC(C)C(=O)N(Cc2ccc(N3CCCCC3)o2)C2CCS(=O)(=O)C2)cc(C)c1Cl. The molecule has 2 aliphatic heterocycles. The molecule has 0 radical (unpaired) electrons. The summed E-state index contributed by atoms with van der Waals surface area (Å²) in [6.07, 6.45) is 3.13. The number of sulfone groups is 1. The minimum absolute atomic E-state index is 0.0374. The first-order valence-electron chi connectivity index (χ1n) is 11.9. The second-order valence-corrected chi connectivity index (χ2v) is 12.0. The van der Waals surface area contributed by atoms with Gasteiger partial charge in [-0.25, -0.2) is 8.42 Å². The van der Waals surface area contributed by atoms with Crippen molar-refractivity contribution in [3.05, 3.63) is 46.2 Å². The predicted molar refractivity (Wildman–Crippen MR) is 133 cm³/mol. The first-order valence-corrected chi connectivity index (χ1v) is 14.1. The lowest BCUT2D eigenvalue weighted by atomic mass is 10.1. The largest absolute Gasteiger partial charge is 0.481 e. The summed E-state index contributed by atoms with van der Waals surface area (Å²) in [6, 6.07) is 7.03. The molecule has 0 bridgehead atoms. The van der Waals surface area contributed by atoms with Gasteiger partial charge in [0.1, 0.15) is 11.5 Å².